The molecular formula is C22H24F2N2O4S. The normalized spacial score (nSPS) is 16.0. The Hall–Kier alpha value is -2.81. The second kappa shape index (κ2) is 10.5. The third kappa shape index (κ3) is 5.88. The van der Waals surface area contributed by atoms with Gasteiger partial charge in [-0.1, -0.05) is 30.0 Å². The van der Waals surface area contributed by atoms with Crippen LogP contribution >= 0.6 is 11.8 Å². The molecule has 1 unspecified atom stereocenters. The number of ether oxygens (including phenoxy) is 2. The van der Waals surface area contributed by atoms with E-state index >= 15 is 0 Å². The van der Waals surface area contributed by atoms with Crippen molar-refractivity contribution in [1.82, 2.24) is 4.90 Å². The van der Waals surface area contributed by atoms with Gasteiger partial charge in [0, 0.05) is 24.4 Å². The van der Waals surface area contributed by atoms with E-state index in [4.69, 9.17) is 9.47 Å². The molecular weight excluding hydrogens is 426 g/mol. The first kappa shape index (κ1) is 22.9. The highest BCUT2D eigenvalue weighted by atomic mass is 32.2. The lowest BCUT2D eigenvalue weighted by Crippen LogP contribution is -2.30. The highest BCUT2D eigenvalue weighted by Crippen LogP contribution is 2.32. The van der Waals surface area contributed by atoms with Crippen molar-refractivity contribution in [3.8, 4) is 11.5 Å². The highest BCUT2D eigenvalue weighted by molar-refractivity contribution is 7.99. The predicted octanol–water partition coefficient (Wildman–Crippen LogP) is 4.05. The Labute approximate surface area is 183 Å². The van der Waals surface area contributed by atoms with Crippen molar-refractivity contribution in [3.05, 3.63) is 48.0 Å². The van der Waals surface area contributed by atoms with Crippen LogP contribution in [0.5, 0.6) is 11.5 Å². The van der Waals surface area contributed by atoms with Gasteiger partial charge in [-0.15, -0.1) is 0 Å². The molecule has 1 fully saturated rings. The summed E-state index contributed by atoms with van der Waals surface area (Å²) in [7, 11) is 3.13. The number of nitrogens with zero attached hydrogens (tertiary/aromatic N) is 1. The molecule has 0 aliphatic carbocycles. The summed E-state index contributed by atoms with van der Waals surface area (Å²) in [6, 6.07) is 12.0. The number of para-hydroxylation sites is 1. The SMILES string of the molecule is COc1ccc(CCN2CC(C(=O)Nc3ccccc3SC(F)F)CC2=O)cc1OC. The number of methoxy groups -OCH3 is 2. The molecule has 6 nitrogen and oxygen atoms in total. The quantitative estimate of drug-likeness (QED) is 0.584. The van der Waals surface area contributed by atoms with Crippen molar-refractivity contribution >= 4 is 29.3 Å². The summed E-state index contributed by atoms with van der Waals surface area (Å²) >= 11 is 0.377. The molecule has 31 heavy (non-hydrogen) atoms. The average Bonchev–Trinajstić information content (AvgIpc) is 3.13. The van der Waals surface area contributed by atoms with Gasteiger partial charge in [0.2, 0.25) is 11.8 Å². The van der Waals surface area contributed by atoms with Crippen molar-refractivity contribution in [2.24, 2.45) is 5.92 Å². The van der Waals surface area contributed by atoms with Gasteiger partial charge in [-0.2, -0.15) is 8.78 Å². The number of alkyl halides is 2. The number of hydrogen-bond donors (Lipinski definition) is 1. The lowest BCUT2D eigenvalue weighted by molar-refractivity contribution is -0.128. The minimum atomic E-state index is -2.59. The van der Waals surface area contributed by atoms with Crippen molar-refractivity contribution < 1.29 is 27.8 Å². The summed E-state index contributed by atoms with van der Waals surface area (Å²) in [5, 5.41) is 2.70. The lowest BCUT2D eigenvalue weighted by Gasteiger charge is -2.17. The molecule has 1 aliphatic heterocycles. The number of amides is 2. The molecule has 0 spiro atoms. The smallest absolute Gasteiger partial charge is 0.288 e. The number of carbonyl (C=O) groups is 2. The van der Waals surface area contributed by atoms with E-state index in [9.17, 15) is 18.4 Å². The van der Waals surface area contributed by atoms with E-state index in [0.29, 0.717) is 53.4 Å². The molecule has 9 heteroatoms. The second-order valence-corrected chi connectivity index (χ2v) is 8.08. The van der Waals surface area contributed by atoms with Gasteiger partial charge in [0.25, 0.3) is 5.76 Å². The zero-order chi connectivity index (χ0) is 22.4. The molecule has 1 aliphatic rings. The van der Waals surface area contributed by atoms with E-state index in [1.54, 1.807) is 37.3 Å². The average molecular weight is 451 g/mol. The van der Waals surface area contributed by atoms with Crippen LogP contribution < -0.4 is 14.8 Å². The van der Waals surface area contributed by atoms with Crippen LogP contribution in [-0.4, -0.2) is 49.8 Å². The monoisotopic (exact) mass is 450 g/mol. The fourth-order valence-electron chi connectivity index (χ4n) is 3.47. The molecule has 0 radical (unpaired) electrons. The van der Waals surface area contributed by atoms with Crippen molar-refractivity contribution in [2.75, 3.05) is 32.6 Å². The largest absolute Gasteiger partial charge is 0.493 e. The van der Waals surface area contributed by atoms with Crippen LogP contribution in [-0.2, 0) is 16.0 Å². The molecule has 0 aromatic heterocycles. The van der Waals surface area contributed by atoms with E-state index in [-0.39, 0.29) is 18.2 Å². The van der Waals surface area contributed by atoms with E-state index in [2.05, 4.69) is 5.32 Å². The zero-order valence-electron chi connectivity index (χ0n) is 17.3. The maximum atomic E-state index is 12.7. The lowest BCUT2D eigenvalue weighted by atomic mass is 10.1. The number of nitrogens with one attached hydrogen (secondary N) is 1. The van der Waals surface area contributed by atoms with Crippen LogP contribution in [0.3, 0.4) is 0 Å². The van der Waals surface area contributed by atoms with Crippen LogP contribution in [0.25, 0.3) is 0 Å². The minimum Gasteiger partial charge on any atom is -0.493 e. The molecule has 2 aromatic rings. The van der Waals surface area contributed by atoms with Crippen molar-refractivity contribution in [2.45, 2.75) is 23.5 Å². The van der Waals surface area contributed by atoms with Crippen LogP contribution in [0, 0.1) is 5.92 Å². The van der Waals surface area contributed by atoms with E-state index in [1.165, 1.54) is 6.07 Å². The second-order valence-electron chi connectivity index (χ2n) is 7.04. The van der Waals surface area contributed by atoms with Crippen molar-refractivity contribution in [1.29, 1.82) is 0 Å². The van der Waals surface area contributed by atoms with Crippen LogP contribution in [0.1, 0.15) is 12.0 Å². The molecule has 2 aromatic carbocycles. The molecule has 0 saturated carbocycles. The molecule has 2 amide bonds. The number of anilines is 1. The standard InChI is InChI=1S/C22H24F2N2O4S/c1-29-17-8-7-14(11-18(17)30-2)9-10-26-13-15(12-20(26)27)21(28)25-16-5-3-4-6-19(16)31-22(23)24/h3-8,11,15,22H,9-10,12-13H2,1-2H3,(H,25,28). The van der Waals surface area contributed by atoms with Gasteiger partial charge in [0.15, 0.2) is 11.5 Å². The molecule has 0 bridgehead atoms. The fourth-order valence-corrected chi connectivity index (χ4v) is 4.06. The van der Waals surface area contributed by atoms with Gasteiger partial charge in [0.1, 0.15) is 0 Å². The Morgan fingerprint density at radius 2 is 1.94 bits per heavy atom. The maximum Gasteiger partial charge on any atom is 0.288 e. The Morgan fingerprint density at radius 1 is 1.19 bits per heavy atom. The molecule has 1 N–H and O–H groups in total. The number of hydrogen-bond acceptors (Lipinski definition) is 5. The molecule has 1 saturated heterocycles. The van der Waals surface area contributed by atoms with Gasteiger partial charge in [-0.3, -0.25) is 9.59 Å². The minimum absolute atomic E-state index is 0.0991. The number of benzene rings is 2. The summed E-state index contributed by atoms with van der Waals surface area (Å²) in [6.45, 7) is 0.762. The number of thioether (sulfide) groups is 1. The van der Waals surface area contributed by atoms with Gasteiger partial charge in [-0.05, 0) is 36.2 Å². The van der Waals surface area contributed by atoms with Gasteiger partial charge in [0.05, 0.1) is 25.8 Å². The third-order valence-corrected chi connectivity index (χ3v) is 5.85. The number of halogens is 2. The summed E-state index contributed by atoms with van der Waals surface area (Å²) in [6.07, 6.45) is 0.705. The van der Waals surface area contributed by atoms with Crippen LogP contribution in [0.15, 0.2) is 47.4 Å². The Balaban J connectivity index is 1.58. The molecule has 1 atom stereocenters. The first-order chi connectivity index (χ1) is 14.9. The summed E-state index contributed by atoms with van der Waals surface area (Å²) < 4.78 is 36.0. The van der Waals surface area contributed by atoms with Gasteiger partial charge in [-0.25, -0.2) is 0 Å². The molecule has 1 heterocycles. The Kier molecular flexibility index (Phi) is 7.73. The zero-order valence-corrected chi connectivity index (χ0v) is 18.1. The summed E-state index contributed by atoms with van der Waals surface area (Å²) in [5.41, 5.74) is 1.31. The van der Waals surface area contributed by atoms with Crippen molar-refractivity contribution in [3.63, 3.8) is 0 Å². The van der Waals surface area contributed by atoms with E-state index in [0.717, 1.165) is 5.56 Å². The topological polar surface area (TPSA) is 67.9 Å². The Morgan fingerprint density at radius 3 is 2.65 bits per heavy atom. The van der Waals surface area contributed by atoms with Crippen LogP contribution in [0.2, 0.25) is 0 Å². The Bertz CT molecular complexity index is 941. The first-order valence-corrected chi connectivity index (χ1v) is 10.6. The van der Waals surface area contributed by atoms with Gasteiger partial charge < -0.3 is 19.7 Å². The van der Waals surface area contributed by atoms with Crippen LogP contribution in [0.4, 0.5) is 14.5 Å². The number of likely N-dealkylation sites (tertiary alicyclic amines) is 1. The first-order valence-electron chi connectivity index (χ1n) is 9.74. The predicted molar refractivity (Wildman–Crippen MR) is 115 cm³/mol. The van der Waals surface area contributed by atoms with E-state index < -0.39 is 11.7 Å². The number of rotatable bonds is 9. The highest BCUT2D eigenvalue weighted by Gasteiger charge is 2.34. The number of carbonyl (C=O) groups excluding carboxylic acids is 2. The fraction of sp³-hybridized carbons (Fsp3) is 0.364. The summed E-state index contributed by atoms with van der Waals surface area (Å²) in [5.74, 6) is -2.31. The van der Waals surface area contributed by atoms with Gasteiger partial charge >= 0.3 is 0 Å². The third-order valence-electron chi connectivity index (χ3n) is 5.06. The summed E-state index contributed by atoms with van der Waals surface area (Å²) in [4.78, 5) is 27.0. The van der Waals surface area contributed by atoms with E-state index in [1.807, 2.05) is 18.2 Å². The maximum absolute atomic E-state index is 12.7. The molecule has 3 rings (SSSR count). The molecule has 166 valence electrons.